The first-order valence-electron chi connectivity index (χ1n) is 7.87. The zero-order chi connectivity index (χ0) is 18.5. The molecule has 0 bridgehead atoms. The summed E-state index contributed by atoms with van der Waals surface area (Å²) in [7, 11) is 0. The molecule has 0 fully saturated rings. The van der Waals surface area contributed by atoms with E-state index in [0.717, 1.165) is 11.3 Å². The number of benzene rings is 2. The largest absolute Gasteiger partial charge is 0.481 e. The number of aliphatic carboxylic acids is 1. The molecule has 5 nitrogen and oxygen atoms in total. The van der Waals surface area contributed by atoms with Gasteiger partial charge in [0.05, 0.1) is 15.7 Å². The Kier molecular flexibility index (Phi) is 6.19. The van der Waals surface area contributed by atoms with E-state index < -0.39 is 5.97 Å². The minimum Gasteiger partial charge on any atom is -0.481 e. The topological polar surface area (TPSA) is 68.0 Å². The molecule has 1 N–H and O–H groups in total. The molecule has 0 saturated carbocycles. The highest BCUT2D eigenvalue weighted by atomic mass is 35.5. The van der Waals surface area contributed by atoms with Crippen molar-refractivity contribution in [3.05, 3.63) is 58.6 Å². The fraction of sp³-hybridized carbons (Fsp3) is 0.167. The van der Waals surface area contributed by atoms with Crippen molar-refractivity contribution in [1.82, 2.24) is 14.8 Å². The first kappa shape index (κ1) is 18.8. The maximum absolute atomic E-state index is 10.7. The van der Waals surface area contributed by atoms with Crippen molar-refractivity contribution >= 4 is 40.9 Å². The number of rotatable bonds is 7. The van der Waals surface area contributed by atoms with Crippen LogP contribution < -0.4 is 0 Å². The van der Waals surface area contributed by atoms with Crippen LogP contribution in [0.15, 0.2) is 53.7 Å². The Morgan fingerprint density at radius 2 is 1.85 bits per heavy atom. The summed E-state index contributed by atoms with van der Waals surface area (Å²) >= 11 is 13.7. The van der Waals surface area contributed by atoms with Crippen molar-refractivity contribution in [2.45, 2.75) is 18.0 Å². The number of hydrogen-bond donors (Lipinski definition) is 1. The van der Waals surface area contributed by atoms with Crippen LogP contribution in [0.1, 0.15) is 12.8 Å². The van der Waals surface area contributed by atoms with Crippen LogP contribution in [0, 0.1) is 0 Å². The van der Waals surface area contributed by atoms with Crippen LogP contribution >= 0.6 is 35.0 Å². The lowest BCUT2D eigenvalue weighted by Crippen LogP contribution is -2.01. The Morgan fingerprint density at radius 1 is 1.08 bits per heavy atom. The molecule has 1 aromatic heterocycles. The van der Waals surface area contributed by atoms with E-state index in [0.29, 0.717) is 33.2 Å². The van der Waals surface area contributed by atoms with Gasteiger partial charge in [-0.1, -0.05) is 65.3 Å². The van der Waals surface area contributed by atoms with Crippen LogP contribution in [-0.2, 0) is 4.79 Å². The minimum absolute atomic E-state index is 0.124. The summed E-state index contributed by atoms with van der Waals surface area (Å²) < 4.78 is 1.91. The highest BCUT2D eigenvalue weighted by Gasteiger charge is 2.17. The van der Waals surface area contributed by atoms with Gasteiger partial charge in [-0.15, -0.1) is 10.2 Å². The average Bonchev–Trinajstić information content (AvgIpc) is 3.05. The lowest BCUT2D eigenvalue weighted by Gasteiger charge is -2.11. The van der Waals surface area contributed by atoms with Crippen molar-refractivity contribution in [2.75, 3.05) is 5.75 Å². The van der Waals surface area contributed by atoms with Crippen molar-refractivity contribution < 1.29 is 9.90 Å². The molecule has 0 unspecified atom stereocenters. The summed E-state index contributed by atoms with van der Waals surface area (Å²) in [6.07, 6.45) is 0.675. The fourth-order valence-electron chi connectivity index (χ4n) is 2.38. The molecule has 0 aliphatic heterocycles. The van der Waals surface area contributed by atoms with Gasteiger partial charge in [0.2, 0.25) is 0 Å². The van der Waals surface area contributed by atoms with Gasteiger partial charge in [0.1, 0.15) is 0 Å². The van der Waals surface area contributed by atoms with E-state index in [1.54, 1.807) is 12.1 Å². The predicted octanol–water partition coefficient (Wildman–Crippen LogP) is 5.20. The lowest BCUT2D eigenvalue weighted by molar-refractivity contribution is -0.137. The minimum atomic E-state index is -0.804. The maximum atomic E-state index is 10.7. The number of carboxylic acids is 1. The first-order chi connectivity index (χ1) is 12.6. The molecule has 0 aliphatic rings. The second-order valence-electron chi connectivity index (χ2n) is 5.45. The lowest BCUT2D eigenvalue weighted by atomic mass is 10.2. The monoisotopic (exact) mass is 407 g/mol. The smallest absolute Gasteiger partial charge is 0.303 e. The van der Waals surface area contributed by atoms with Gasteiger partial charge in [-0.2, -0.15) is 0 Å². The molecule has 134 valence electrons. The number of carbonyl (C=O) groups is 1. The Hall–Kier alpha value is -2.02. The molecule has 8 heteroatoms. The molecular weight excluding hydrogens is 393 g/mol. The van der Waals surface area contributed by atoms with Crippen LogP contribution in [0.4, 0.5) is 0 Å². The third-order valence-electron chi connectivity index (χ3n) is 3.59. The summed E-state index contributed by atoms with van der Waals surface area (Å²) in [5, 5.41) is 19.0. The second kappa shape index (κ2) is 8.58. The third kappa shape index (κ3) is 4.38. The molecule has 2 aromatic carbocycles. The van der Waals surface area contributed by atoms with Crippen molar-refractivity contribution in [3.63, 3.8) is 0 Å². The van der Waals surface area contributed by atoms with Crippen LogP contribution in [0.5, 0.6) is 0 Å². The van der Waals surface area contributed by atoms with Gasteiger partial charge >= 0.3 is 5.97 Å². The molecule has 0 spiro atoms. The fourth-order valence-corrected chi connectivity index (χ4v) is 3.56. The second-order valence-corrected chi connectivity index (χ2v) is 7.33. The van der Waals surface area contributed by atoms with E-state index in [1.807, 2.05) is 41.0 Å². The van der Waals surface area contributed by atoms with Crippen LogP contribution in [0.3, 0.4) is 0 Å². The predicted molar refractivity (Wildman–Crippen MR) is 104 cm³/mol. The number of halogens is 2. The highest BCUT2D eigenvalue weighted by Crippen LogP contribution is 2.31. The van der Waals surface area contributed by atoms with E-state index in [4.69, 9.17) is 28.3 Å². The van der Waals surface area contributed by atoms with Gasteiger partial charge in [-0.05, 0) is 24.6 Å². The Labute approximate surface area is 165 Å². The van der Waals surface area contributed by atoms with E-state index in [2.05, 4.69) is 10.2 Å². The molecule has 3 aromatic rings. The summed E-state index contributed by atoms with van der Waals surface area (Å²) in [6, 6.07) is 15.1. The van der Waals surface area contributed by atoms with Crippen LogP contribution in [0.25, 0.3) is 17.1 Å². The normalized spacial score (nSPS) is 10.8. The van der Waals surface area contributed by atoms with Crippen molar-refractivity contribution in [3.8, 4) is 17.1 Å². The van der Waals surface area contributed by atoms with Crippen LogP contribution in [-0.4, -0.2) is 31.6 Å². The first-order valence-corrected chi connectivity index (χ1v) is 9.61. The molecule has 0 atom stereocenters. The number of thioether (sulfide) groups is 1. The third-order valence-corrected chi connectivity index (χ3v) is 5.35. The number of carboxylic acid groups (broad SMARTS) is 1. The maximum Gasteiger partial charge on any atom is 0.303 e. The standard InChI is InChI=1S/C18H15Cl2N3O2S/c19-14-9-8-13(11-15(14)20)23-17(12-5-2-1-3-6-12)21-22-18(23)26-10-4-7-16(24)25/h1-3,5-6,8-9,11H,4,7,10H2,(H,24,25). The molecule has 1 heterocycles. The SMILES string of the molecule is O=C(O)CCCSc1nnc(-c2ccccc2)n1-c1ccc(Cl)c(Cl)c1. The van der Waals surface area contributed by atoms with Gasteiger partial charge in [0, 0.05) is 17.7 Å². The quantitative estimate of drug-likeness (QED) is 0.430. The Balaban J connectivity index is 1.98. The van der Waals surface area contributed by atoms with E-state index in [9.17, 15) is 4.79 Å². The molecule has 0 aliphatic carbocycles. The summed E-state index contributed by atoms with van der Waals surface area (Å²) in [5.41, 5.74) is 1.72. The van der Waals surface area contributed by atoms with Gasteiger partial charge in [-0.25, -0.2) is 0 Å². The molecule has 0 amide bonds. The van der Waals surface area contributed by atoms with Crippen molar-refractivity contribution in [2.24, 2.45) is 0 Å². The molecule has 0 radical (unpaired) electrons. The Morgan fingerprint density at radius 3 is 2.54 bits per heavy atom. The molecule has 3 rings (SSSR count). The van der Waals surface area contributed by atoms with E-state index >= 15 is 0 Å². The summed E-state index contributed by atoms with van der Waals surface area (Å²) in [5.74, 6) is 0.506. The van der Waals surface area contributed by atoms with Gasteiger partial charge in [0.15, 0.2) is 11.0 Å². The number of aromatic nitrogens is 3. The highest BCUT2D eigenvalue weighted by molar-refractivity contribution is 7.99. The number of hydrogen-bond acceptors (Lipinski definition) is 4. The van der Waals surface area contributed by atoms with Gasteiger partial charge in [-0.3, -0.25) is 9.36 Å². The molecular formula is C18H15Cl2N3O2S. The molecule has 0 saturated heterocycles. The average molecular weight is 408 g/mol. The van der Waals surface area contributed by atoms with E-state index in [1.165, 1.54) is 11.8 Å². The summed E-state index contributed by atoms with van der Waals surface area (Å²) in [4.78, 5) is 10.7. The zero-order valence-corrected chi connectivity index (χ0v) is 15.9. The zero-order valence-electron chi connectivity index (χ0n) is 13.6. The van der Waals surface area contributed by atoms with Gasteiger partial charge in [0.25, 0.3) is 0 Å². The number of nitrogens with zero attached hydrogens (tertiary/aromatic N) is 3. The molecule has 26 heavy (non-hydrogen) atoms. The van der Waals surface area contributed by atoms with Gasteiger partial charge < -0.3 is 5.11 Å². The summed E-state index contributed by atoms with van der Waals surface area (Å²) in [6.45, 7) is 0. The van der Waals surface area contributed by atoms with E-state index in [-0.39, 0.29) is 6.42 Å². The Bertz CT molecular complexity index is 916. The van der Waals surface area contributed by atoms with Crippen molar-refractivity contribution in [1.29, 1.82) is 0 Å². The van der Waals surface area contributed by atoms with Crippen LogP contribution in [0.2, 0.25) is 10.0 Å².